The van der Waals surface area contributed by atoms with Crippen LogP contribution in [0.5, 0.6) is 5.75 Å². The van der Waals surface area contributed by atoms with Gasteiger partial charge in [0.2, 0.25) is 0 Å². The highest BCUT2D eigenvalue weighted by Crippen LogP contribution is 2.12. The number of amides is 1. The van der Waals surface area contributed by atoms with E-state index in [1.54, 1.807) is 31.4 Å². The molecular formula is C17H18N2O2. The molecule has 1 N–H and O–H groups in total. The monoisotopic (exact) mass is 282 g/mol. The second kappa shape index (κ2) is 6.70. The van der Waals surface area contributed by atoms with Crippen LogP contribution in [0.2, 0.25) is 0 Å². The average Bonchev–Trinajstić information content (AvgIpc) is 2.52. The number of carbonyl (C=O) groups is 1. The lowest BCUT2D eigenvalue weighted by Crippen LogP contribution is -2.19. The van der Waals surface area contributed by atoms with Gasteiger partial charge >= 0.3 is 0 Å². The predicted octanol–water partition coefficient (Wildman–Crippen LogP) is 3.16. The van der Waals surface area contributed by atoms with Crippen LogP contribution < -0.4 is 10.2 Å². The van der Waals surface area contributed by atoms with Crippen molar-refractivity contribution in [1.82, 2.24) is 5.43 Å². The van der Waals surface area contributed by atoms with Crippen LogP contribution in [-0.4, -0.2) is 18.7 Å². The first-order chi connectivity index (χ1) is 10.1. The zero-order valence-corrected chi connectivity index (χ0v) is 12.4. The molecule has 0 saturated carbocycles. The number of hydrazone groups is 1. The fraction of sp³-hybridized carbons (Fsp3) is 0.176. The molecule has 0 bridgehead atoms. The van der Waals surface area contributed by atoms with Gasteiger partial charge in [-0.2, -0.15) is 5.10 Å². The molecule has 2 aromatic rings. The first kappa shape index (κ1) is 14.8. The third-order valence-electron chi connectivity index (χ3n) is 3.09. The molecule has 4 heteroatoms. The number of hydrogen-bond donors (Lipinski definition) is 1. The van der Waals surface area contributed by atoms with E-state index in [1.165, 1.54) is 0 Å². The highest BCUT2D eigenvalue weighted by molar-refractivity contribution is 6.01. The van der Waals surface area contributed by atoms with Gasteiger partial charge in [0, 0.05) is 5.56 Å². The lowest BCUT2D eigenvalue weighted by Gasteiger charge is -2.05. The van der Waals surface area contributed by atoms with E-state index >= 15 is 0 Å². The van der Waals surface area contributed by atoms with Crippen LogP contribution in [0, 0.1) is 6.92 Å². The molecule has 2 aromatic carbocycles. The largest absolute Gasteiger partial charge is 0.497 e. The molecule has 1 amide bonds. The molecule has 108 valence electrons. The van der Waals surface area contributed by atoms with Crippen molar-refractivity contribution in [2.24, 2.45) is 5.10 Å². The molecule has 0 atom stereocenters. The minimum absolute atomic E-state index is 0.263. The molecule has 4 nitrogen and oxygen atoms in total. The summed E-state index contributed by atoms with van der Waals surface area (Å²) in [6.07, 6.45) is 0. The topological polar surface area (TPSA) is 50.7 Å². The maximum Gasteiger partial charge on any atom is 0.271 e. The van der Waals surface area contributed by atoms with Gasteiger partial charge in [0.25, 0.3) is 5.91 Å². The third kappa shape index (κ3) is 3.92. The lowest BCUT2D eigenvalue weighted by molar-refractivity contribution is 0.0954. The second-order valence-corrected chi connectivity index (χ2v) is 4.74. The number of hydrogen-bond acceptors (Lipinski definition) is 3. The number of nitrogens with zero attached hydrogens (tertiary/aromatic N) is 1. The first-order valence-corrected chi connectivity index (χ1v) is 6.66. The average molecular weight is 282 g/mol. The van der Waals surface area contributed by atoms with Crippen LogP contribution in [-0.2, 0) is 0 Å². The van der Waals surface area contributed by atoms with Gasteiger partial charge in [-0.05, 0) is 37.6 Å². The van der Waals surface area contributed by atoms with Crippen molar-refractivity contribution in [2.75, 3.05) is 7.11 Å². The number of aryl methyl sites for hydroxylation is 1. The summed E-state index contributed by atoms with van der Waals surface area (Å²) in [4.78, 5) is 12.0. The van der Waals surface area contributed by atoms with Crippen molar-refractivity contribution in [2.45, 2.75) is 13.8 Å². The highest BCUT2D eigenvalue weighted by atomic mass is 16.5. The molecule has 0 spiro atoms. The quantitative estimate of drug-likeness (QED) is 0.691. The molecular weight excluding hydrogens is 264 g/mol. The molecule has 0 radical (unpaired) electrons. The Morgan fingerprint density at radius 1 is 1.10 bits per heavy atom. The molecule has 21 heavy (non-hydrogen) atoms. The molecule has 0 aliphatic carbocycles. The van der Waals surface area contributed by atoms with Gasteiger partial charge in [0.05, 0.1) is 12.8 Å². The summed E-state index contributed by atoms with van der Waals surface area (Å²) in [7, 11) is 1.57. The van der Waals surface area contributed by atoms with E-state index < -0.39 is 0 Å². The van der Waals surface area contributed by atoms with E-state index in [1.807, 2.05) is 38.1 Å². The SMILES string of the molecule is COc1cccc(C(=O)NN=C(C)c2cccc(C)c2)c1. The minimum Gasteiger partial charge on any atom is -0.497 e. The zero-order valence-electron chi connectivity index (χ0n) is 12.4. The van der Waals surface area contributed by atoms with Crippen molar-refractivity contribution >= 4 is 11.6 Å². The third-order valence-corrected chi connectivity index (χ3v) is 3.09. The number of methoxy groups -OCH3 is 1. The summed E-state index contributed by atoms with van der Waals surface area (Å²) >= 11 is 0. The highest BCUT2D eigenvalue weighted by Gasteiger charge is 2.06. The summed E-state index contributed by atoms with van der Waals surface area (Å²) in [5.74, 6) is 0.378. The van der Waals surface area contributed by atoms with E-state index in [0.717, 1.165) is 16.8 Å². The molecule has 0 aliphatic heterocycles. The fourth-order valence-electron chi connectivity index (χ4n) is 1.90. The molecule has 2 rings (SSSR count). The Kier molecular flexibility index (Phi) is 4.72. The van der Waals surface area contributed by atoms with Crippen LogP contribution >= 0.6 is 0 Å². The zero-order chi connectivity index (χ0) is 15.2. The van der Waals surface area contributed by atoms with Crippen molar-refractivity contribution in [3.8, 4) is 5.75 Å². The fourth-order valence-corrected chi connectivity index (χ4v) is 1.90. The summed E-state index contributed by atoms with van der Waals surface area (Å²) in [6, 6.07) is 14.9. The van der Waals surface area contributed by atoms with Crippen LogP contribution in [0.1, 0.15) is 28.4 Å². The molecule has 0 saturated heterocycles. The smallest absolute Gasteiger partial charge is 0.271 e. The van der Waals surface area contributed by atoms with Crippen LogP contribution in [0.25, 0.3) is 0 Å². The number of carbonyl (C=O) groups excluding carboxylic acids is 1. The van der Waals surface area contributed by atoms with Crippen molar-refractivity contribution in [1.29, 1.82) is 0 Å². The van der Waals surface area contributed by atoms with Gasteiger partial charge in [-0.1, -0.05) is 35.9 Å². The molecule has 0 aliphatic rings. The van der Waals surface area contributed by atoms with E-state index in [9.17, 15) is 4.79 Å². The second-order valence-electron chi connectivity index (χ2n) is 4.74. The lowest BCUT2D eigenvalue weighted by atomic mass is 10.1. The van der Waals surface area contributed by atoms with Crippen LogP contribution in [0.15, 0.2) is 53.6 Å². The first-order valence-electron chi connectivity index (χ1n) is 6.66. The van der Waals surface area contributed by atoms with Gasteiger partial charge in [-0.25, -0.2) is 5.43 Å². The van der Waals surface area contributed by atoms with Crippen molar-refractivity contribution in [3.63, 3.8) is 0 Å². The maximum absolute atomic E-state index is 12.0. The molecule has 0 unspecified atom stereocenters. The Balaban J connectivity index is 2.10. The van der Waals surface area contributed by atoms with Crippen LogP contribution in [0.4, 0.5) is 0 Å². The molecule has 0 aromatic heterocycles. The van der Waals surface area contributed by atoms with E-state index in [2.05, 4.69) is 10.5 Å². The van der Waals surface area contributed by atoms with Gasteiger partial charge in [0.15, 0.2) is 0 Å². The summed E-state index contributed by atoms with van der Waals surface area (Å²) < 4.78 is 5.10. The number of rotatable bonds is 4. The van der Waals surface area contributed by atoms with Gasteiger partial charge < -0.3 is 4.74 Å². The van der Waals surface area contributed by atoms with Crippen molar-refractivity contribution in [3.05, 3.63) is 65.2 Å². The Morgan fingerprint density at radius 2 is 1.81 bits per heavy atom. The number of benzene rings is 2. The van der Waals surface area contributed by atoms with Gasteiger partial charge in [-0.15, -0.1) is 0 Å². The standard InChI is InChI=1S/C17H18N2O2/c1-12-6-4-7-14(10-12)13(2)18-19-17(20)15-8-5-9-16(11-15)21-3/h4-11H,1-3H3,(H,19,20). The van der Waals surface area contributed by atoms with E-state index in [-0.39, 0.29) is 5.91 Å². The van der Waals surface area contributed by atoms with Crippen LogP contribution in [0.3, 0.4) is 0 Å². The minimum atomic E-state index is -0.263. The summed E-state index contributed by atoms with van der Waals surface area (Å²) in [6.45, 7) is 3.88. The normalized spacial score (nSPS) is 11.1. The summed E-state index contributed by atoms with van der Waals surface area (Å²) in [5.41, 5.74) is 5.97. The summed E-state index contributed by atoms with van der Waals surface area (Å²) in [5, 5.41) is 4.14. The Morgan fingerprint density at radius 3 is 2.52 bits per heavy atom. The number of ether oxygens (including phenoxy) is 1. The number of nitrogens with one attached hydrogen (secondary N) is 1. The van der Waals surface area contributed by atoms with Gasteiger partial charge in [0.1, 0.15) is 5.75 Å². The molecule has 0 heterocycles. The Hall–Kier alpha value is -2.62. The predicted molar refractivity (Wildman–Crippen MR) is 83.9 cm³/mol. The maximum atomic E-state index is 12.0. The van der Waals surface area contributed by atoms with Gasteiger partial charge in [-0.3, -0.25) is 4.79 Å². The Bertz CT molecular complexity index is 678. The van der Waals surface area contributed by atoms with E-state index in [4.69, 9.17) is 4.74 Å². The Labute approximate surface area is 124 Å². The van der Waals surface area contributed by atoms with Crippen molar-refractivity contribution < 1.29 is 9.53 Å². The molecule has 0 fully saturated rings. The van der Waals surface area contributed by atoms with E-state index in [0.29, 0.717) is 11.3 Å².